The molecule has 2 aromatic rings. The molecule has 0 aliphatic rings. The first kappa shape index (κ1) is 11.7. The number of aromatic hydroxyl groups is 2. The van der Waals surface area contributed by atoms with Crippen molar-refractivity contribution in [2.24, 2.45) is 0 Å². The summed E-state index contributed by atoms with van der Waals surface area (Å²) in [5.41, 5.74) is 0. The Bertz CT molecular complexity index is 543. The lowest BCUT2D eigenvalue weighted by Crippen LogP contribution is -2.14. The Kier molecular flexibility index (Phi) is 2.95. The van der Waals surface area contributed by atoms with Gasteiger partial charge in [-0.1, -0.05) is 24.3 Å². The number of phenolic OH excluding ortho intramolecular Hbond substituents is 2. The van der Waals surface area contributed by atoms with E-state index in [9.17, 15) is 14.8 Å². The molecule has 4 heteroatoms. The van der Waals surface area contributed by atoms with Crippen LogP contribution in [-0.2, 0) is 4.57 Å². The van der Waals surface area contributed by atoms with Gasteiger partial charge in [0.05, 0.1) is 0 Å². The predicted molar refractivity (Wildman–Crippen MR) is 69.0 cm³/mol. The van der Waals surface area contributed by atoms with Gasteiger partial charge in [0.25, 0.3) is 0 Å². The normalized spacial score (nSPS) is 11.4. The lowest BCUT2D eigenvalue weighted by atomic mass is 10.3. The smallest absolute Gasteiger partial charge is 0.140 e. The molecule has 0 aliphatic heterocycles. The third-order valence-corrected chi connectivity index (χ3v) is 5.17. The van der Waals surface area contributed by atoms with Crippen molar-refractivity contribution in [3.8, 4) is 11.5 Å². The standard InChI is InChI=1S/C13H13O3P/c1-17(16,12-6-2-4-10(14)8-12)13-7-3-5-11(15)9-13/h2-9,14-15H,1H3. The van der Waals surface area contributed by atoms with Crippen LogP contribution in [0.2, 0.25) is 0 Å². The first-order valence-corrected chi connectivity index (χ1v) is 7.32. The monoisotopic (exact) mass is 248 g/mol. The third kappa shape index (κ3) is 2.34. The maximum atomic E-state index is 12.7. The molecular weight excluding hydrogens is 235 g/mol. The molecule has 0 atom stereocenters. The van der Waals surface area contributed by atoms with Crippen molar-refractivity contribution in [1.29, 1.82) is 0 Å². The number of hydrogen-bond donors (Lipinski definition) is 2. The molecule has 0 saturated carbocycles. The van der Waals surface area contributed by atoms with Gasteiger partial charge in [0.1, 0.15) is 18.6 Å². The van der Waals surface area contributed by atoms with Crippen molar-refractivity contribution >= 4 is 17.8 Å². The molecular formula is C13H13O3P. The van der Waals surface area contributed by atoms with Gasteiger partial charge in [-0.05, 0) is 30.9 Å². The summed E-state index contributed by atoms with van der Waals surface area (Å²) in [5, 5.41) is 20.0. The zero-order chi connectivity index (χ0) is 12.5. The van der Waals surface area contributed by atoms with Crippen molar-refractivity contribution in [2.45, 2.75) is 0 Å². The fraction of sp³-hybridized carbons (Fsp3) is 0.0769. The summed E-state index contributed by atoms with van der Waals surface area (Å²) in [6.07, 6.45) is 0. The highest BCUT2D eigenvalue weighted by Crippen LogP contribution is 2.39. The second-order valence-electron chi connectivity index (χ2n) is 3.96. The maximum Gasteiger partial charge on any atom is 0.140 e. The minimum absolute atomic E-state index is 0.0877. The van der Waals surface area contributed by atoms with E-state index in [1.165, 1.54) is 24.3 Å². The molecule has 0 aromatic heterocycles. The Morgan fingerprint density at radius 1 is 0.882 bits per heavy atom. The van der Waals surface area contributed by atoms with E-state index in [0.717, 1.165) is 0 Å². The number of hydrogen-bond acceptors (Lipinski definition) is 3. The molecule has 0 radical (unpaired) electrons. The minimum Gasteiger partial charge on any atom is -0.508 e. The largest absolute Gasteiger partial charge is 0.508 e. The Morgan fingerprint density at radius 2 is 1.29 bits per heavy atom. The topological polar surface area (TPSA) is 57.5 Å². The van der Waals surface area contributed by atoms with Crippen LogP contribution in [0.3, 0.4) is 0 Å². The first-order chi connectivity index (χ1) is 8.00. The van der Waals surface area contributed by atoms with Gasteiger partial charge in [0.15, 0.2) is 0 Å². The van der Waals surface area contributed by atoms with E-state index in [1.54, 1.807) is 30.9 Å². The van der Waals surface area contributed by atoms with Crippen LogP contribution in [0, 0.1) is 0 Å². The Balaban J connectivity index is 2.53. The quantitative estimate of drug-likeness (QED) is 0.799. The van der Waals surface area contributed by atoms with Crippen LogP contribution in [0.15, 0.2) is 48.5 Å². The van der Waals surface area contributed by atoms with Crippen molar-refractivity contribution in [3.05, 3.63) is 48.5 Å². The summed E-state index contributed by atoms with van der Waals surface area (Å²) in [7, 11) is -2.77. The van der Waals surface area contributed by atoms with Crippen LogP contribution >= 0.6 is 7.14 Å². The van der Waals surface area contributed by atoms with Gasteiger partial charge in [-0.25, -0.2) is 0 Å². The summed E-state index contributed by atoms with van der Waals surface area (Å²) >= 11 is 0. The molecule has 0 bridgehead atoms. The van der Waals surface area contributed by atoms with Crippen LogP contribution in [-0.4, -0.2) is 16.9 Å². The van der Waals surface area contributed by atoms with Gasteiger partial charge in [-0.15, -0.1) is 0 Å². The van der Waals surface area contributed by atoms with Crippen molar-refractivity contribution in [1.82, 2.24) is 0 Å². The van der Waals surface area contributed by atoms with Gasteiger partial charge in [0.2, 0.25) is 0 Å². The maximum absolute atomic E-state index is 12.7. The molecule has 2 rings (SSSR count). The average molecular weight is 248 g/mol. The van der Waals surface area contributed by atoms with Crippen LogP contribution < -0.4 is 10.6 Å². The summed E-state index contributed by atoms with van der Waals surface area (Å²) in [6.45, 7) is 1.62. The van der Waals surface area contributed by atoms with E-state index in [2.05, 4.69) is 0 Å². The SMILES string of the molecule is CP(=O)(c1cccc(O)c1)c1cccc(O)c1. The van der Waals surface area contributed by atoms with Crippen molar-refractivity contribution in [3.63, 3.8) is 0 Å². The molecule has 17 heavy (non-hydrogen) atoms. The van der Waals surface area contributed by atoms with Gasteiger partial charge in [-0.3, -0.25) is 0 Å². The lowest BCUT2D eigenvalue weighted by molar-refractivity contribution is 0.475. The van der Waals surface area contributed by atoms with Crippen LogP contribution in [0.5, 0.6) is 11.5 Å². The molecule has 0 aliphatic carbocycles. The van der Waals surface area contributed by atoms with Crippen LogP contribution in [0.25, 0.3) is 0 Å². The number of rotatable bonds is 2. The van der Waals surface area contributed by atoms with Gasteiger partial charge >= 0.3 is 0 Å². The van der Waals surface area contributed by atoms with Gasteiger partial charge < -0.3 is 14.8 Å². The molecule has 2 aromatic carbocycles. The Morgan fingerprint density at radius 3 is 1.65 bits per heavy atom. The first-order valence-electron chi connectivity index (χ1n) is 5.17. The predicted octanol–water partition coefficient (Wildman–Crippen LogP) is 2.04. The molecule has 88 valence electrons. The molecule has 0 heterocycles. The molecule has 3 nitrogen and oxygen atoms in total. The van der Waals surface area contributed by atoms with E-state index in [4.69, 9.17) is 0 Å². The highest BCUT2D eigenvalue weighted by Gasteiger charge is 2.21. The highest BCUT2D eigenvalue weighted by atomic mass is 31.2. The van der Waals surface area contributed by atoms with E-state index in [0.29, 0.717) is 10.6 Å². The summed E-state index contributed by atoms with van der Waals surface area (Å²) in [5.74, 6) is 0.175. The Labute approximate surface area is 99.7 Å². The van der Waals surface area contributed by atoms with E-state index in [-0.39, 0.29) is 11.5 Å². The lowest BCUT2D eigenvalue weighted by Gasteiger charge is -2.14. The highest BCUT2D eigenvalue weighted by molar-refractivity contribution is 7.78. The average Bonchev–Trinajstić information content (AvgIpc) is 2.29. The van der Waals surface area contributed by atoms with Gasteiger partial charge in [0, 0.05) is 10.6 Å². The van der Waals surface area contributed by atoms with E-state index < -0.39 is 7.14 Å². The van der Waals surface area contributed by atoms with Crippen molar-refractivity contribution < 1.29 is 14.8 Å². The summed E-state index contributed by atoms with van der Waals surface area (Å²) in [6, 6.07) is 12.8. The van der Waals surface area contributed by atoms with Crippen LogP contribution in [0.1, 0.15) is 0 Å². The minimum atomic E-state index is -2.77. The molecule has 0 saturated heterocycles. The fourth-order valence-electron chi connectivity index (χ4n) is 1.67. The molecule has 0 amide bonds. The molecule has 0 fully saturated rings. The molecule has 0 spiro atoms. The van der Waals surface area contributed by atoms with E-state index >= 15 is 0 Å². The fourth-order valence-corrected chi connectivity index (χ4v) is 3.46. The second kappa shape index (κ2) is 4.27. The second-order valence-corrected chi connectivity index (χ2v) is 6.84. The van der Waals surface area contributed by atoms with Gasteiger partial charge in [-0.2, -0.15) is 0 Å². The number of benzene rings is 2. The summed E-state index contributed by atoms with van der Waals surface area (Å²) < 4.78 is 12.7. The Hall–Kier alpha value is -1.73. The molecule has 0 unspecified atom stereocenters. The number of phenols is 2. The van der Waals surface area contributed by atoms with Crippen LogP contribution in [0.4, 0.5) is 0 Å². The van der Waals surface area contributed by atoms with E-state index in [1.807, 2.05) is 0 Å². The zero-order valence-corrected chi connectivity index (χ0v) is 10.3. The molecule has 2 N–H and O–H groups in total. The zero-order valence-electron chi connectivity index (χ0n) is 9.37. The van der Waals surface area contributed by atoms with Crippen molar-refractivity contribution in [2.75, 3.05) is 6.66 Å². The summed E-state index contributed by atoms with van der Waals surface area (Å²) in [4.78, 5) is 0. The third-order valence-electron chi connectivity index (χ3n) is 2.64.